The molecule has 1 saturated carbocycles. The van der Waals surface area contributed by atoms with Crippen molar-refractivity contribution in [1.29, 1.82) is 0 Å². The van der Waals surface area contributed by atoms with Crippen molar-refractivity contribution < 1.29 is 0 Å². The molecule has 1 N–H and O–H groups in total. The van der Waals surface area contributed by atoms with Crippen LogP contribution in [0.15, 0.2) is 6.20 Å². The Morgan fingerprint density at radius 3 is 2.26 bits per heavy atom. The summed E-state index contributed by atoms with van der Waals surface area (Å²) in [6, 6.07) is 0. The quantitative estimate of drug-likeness (QED) is 0.247. The van der Waals surface area contributed by atoms with Gasteiger partial charge in [-0.15, -0.1) is 5.10 Å². The molecule has 0 aromatic carbocycles. The molecule has 1 atom stereocenters. The molecule has 31 heavy (non-hydrogen) atoms. The Labute approximate surface area is 193 Å². The van der Waals surface area contributed by atoms with E-state index in [4.69, 9.17) is 0 Å². The average Bonchev–Trinajstić information content (AvgIpc) is 3.42. The number of aromatic nitrogens is 3. The molecule has 0 bridgehead atoms. The van der Waals surface area contributed by atoms with Crippen LogP contribution >= 0.6 is 0 Å². The second-order valence-electron chi connectivity index (χ2n) is 11.3. The van der Waals surface area contributed by atoms with Crippen molar-refractivity contribution in [2.75, 3.05) is 6.54 Å². The molecule has 180 valence electrons. The minimum Gasteiger partial charge on any atom is -0.312 e. The summed E-state index contributed by atoms with van der Waals surface area (Å²) in [5.41, 5.74) is 2.42. The Balaban J connectivity index is 1.80. The van der Waals surface area contributed by atoms with E-state index < -0.39 is 0 Å². The molecule has 1 aliphatic carbocycles. The summed E-state index contributed by atoms with van der Waals surface area (Å²) in [6.45, 7) is 16.4. The van der Waals surface area contributed by atoms with Crippen LogP contribution < -0.4 is 5.32 Å². The van der Waals surface area contributed by atoms with Crippen molar-refractivity contribution in [3.63, 3.8) is 0 Å². The lowest BCUT2D eigenvalue weighted by molar-refractivity contribution is 0.146. The van der Waals surface area contributed by atoms with Crippen LogP contribution in [0.4, 0.5) is 0 Å². The molecule has 1 heterocycles. The van der Waals surface area contributed by atoms with E-state index >= 15 is 0 Å². The molecule has 0 aliphatic heterocycles. The molecule has 1 aliphatic rings. The third kappa shape index (κ3) is 7.87. The number of aryl methyl sites for hydroxylation is 1. The predicted octanol–water partition coefficient (Wildman–Crippen LogP) is 7.33. The highest BCUT2D eigenvalue weighted by atomic mass is 15.4. The van der Waals surface area contributed by atoms with Gasteiger partial charge < -0.3 is 5.32 Å². The molecule has 0 spiro atoms. The molecule has 0 radical (unpaired) electrons. The topological polar surface area (TPSA) is 42.7 Å². The van der Waals surface area contributed by atoms with Crippen LogP contribution in [0, 0.1) is 10.8 Å². The maximum atomic E-state index is 4.47. The molecule has 4 nitrogen and oxygen atoms in total. The normalized spacial score (nSPS) is 17.6. The number of unbranched alkanes of at least 4 members (excludes halogenated alkanes) is 5. The molecule has 2 rings (SSSR count). The van der Waals surface area contributed by atoms with Gasteiger partial charge in [0.15, 0.2) is 0 Å². The van der Waals surface area contributed by atoms with Crippen LogP contribution in [0.1, 0.15) is 131 Å². The minimum atomic E-state index is 0.296. The van der Waals surface area contributed by atoms with Crippen LogP contribution in [0.3, 0.4) is 0 Å². The summed E-state index contributed by atoms with van der Waals surface area (Å²) in [5.74, 6) is 0. The van der Waals surface area contributed by atoms with Crippen LogP contribution in [0.25, 0.3) is 0 Å². The van der Waals surface area contributed by atoms with Crippen LogP contribution in [0.2, 0.25) is 0 Å². The number of hydrogen-bond donors (Lipinski definition) is 1. The van der Waals surface area contributed by atoms with Gasteiger partial charge in [-0.2, -0.15) is 0 Å². The van der Waals surface area contributed by atoms with Crippen LogP contribution in [0.5, 0.6) is 0 Å². The maximum absolute atomic E-state index is 4.47. The largest absolute Gasteiger partial charge is 0.312 e. The monoisotopic (exact) mass is 432 g/mol. The van der Waals surface area contributed by atoms with E-state index in [1.54, 1.807) is 0 Å². The highest BCUT2D eigenvalue weighted by Gasteiger charge is 2.53. The smallest absolute Gasteiger partial charge is 0.0725 e. The summed E-state index contributed by atoms with van der Waals surface area (Å²) in [7, 11) is 0. The first-order chi connectivity index (χ1) is 14.8. The first-order valence-corrected chi connectivity index (χ1v) is 13.4. The second kappa shape index (κ2) is 12.4. The van der Waals surface area contributed by atoms with Gasteiger partial charge >= 0.3 is 0 Å². The van der Waals surface area contributed by atoms with Crippen molar-refractivity contribution in [1.82, 2.24) is 20.3 Å². The van der Waals surface area contributed by atoms with E-state index in [9.17, 15) is 0 Å². The Morgan fingerprint density at radius 1 is 0.935 bits per heavy atom. The summed E-state index contributed by atoms with van der Waals surface area (Å²) in [6.07, 6.45) is 20.2. The fourth-order valence-electron chi connectivity index (χ4n) is 5.11. The second-order valence-corrected chi connectivity index (χ2v) is 11.3. The molecular weight excluding hydrogens is 380 g/mol. The molecule has 0 amide bonds. The third-order valence-corrected chi connectivity index (χ3v) is 8.40. The average molecular weight is 433 g/mol. The standard InChI is InChI=1S/C27H52N4/c1-7-10-12-13-14-18-26(6,17-11-8-2)28-21-15-16-24-22-29-30-31(24)23-27(19-20-27)25(4,5)9-3/h22,28H,7-21,23H2,1-6H3. The predicted molar refractivity (Wildman–Crippen MR) is 133 cm³/mol. The Bertz CT molecular complexity index is 617. The first kappa shape index (κ1) is 26.4. The van der Waals surface area contributed by atoms with Crippen molar-refractivity contribution in [3.05, 3.63) is 11.9 Å². The number of rotatable bonds is 18. The highest BCUT2D eigenvalue weighted by Crippen LogP contribution is 2.60. The van der Waals surface area contributed by atoms with E-state index in [0.29, 0.717) is 16.4 Å². The van der Waals surface area contributed by atoms with E-state index in [2.05, 4.69) is 61.9 Å². The molecule has 1 aromatic rings. The number of hydrogen-bond acceptors (Lipinski definition) is 3. The van der Waals surface area contributed by atoms with Gasteiger partial charge in [0.2, 0.25) is 0 Å². The number of nitrogens with zero attached hydrogens (tertiary/aromatic N) is 3. The van der Waals surface area contributed by atoms with E-state index in [1.165, 1.54) is 82.7 Å². The molecule has 1 fully saturated rings. The van der Waals surface area contributed by atoms with Gasteiger partial charge in [0.25, 0.3) is 0 Å². The van der Waals surface area contributed by atoms with Gasteiger partial charge in [0.1, 0.15) is 0 Å². The van der Waals surface area contributed by atoms with E-state index in [-0.39, 0.29) is 0 Å². The Kier molecular flexibility index (Phi) is 10.5. The zero-order chi connectivity index (χ0) is 22.8. The fourth-order valence-corrected chi connectivity index (χ4v) is 5.11. The maximum Gasteiger partial charge on any atom is 0.0725 e. The zero-order valence-corrected chi connectivity index (χ0v) is 21.7. The Morgan fingerprint density at radius 2 is 1.61 bits per heavy atom. The first-order valence-electron chi connectivity index (χ1n) is 13.4. The lowest BCUT2D eigenvalue weighted by Gasteiger charge is -2.34. The minimum absolute atomic E-state index is 0.296. The summed E-state index contributed by atoms with van der Waals surface area (Å²) >= 11 is 0. The molecule has 1 aromatic heterocycles. The summed E-state index contributed by atoms with van der Waals surface area (Å²) < 4.78 is 2.22. The molecular formula is C27H52N4. The summed E-state index contributed by atoms with van der Waals surface area (Å²) in [5, 5.41) is 12.7. The van der Waals surface area contributed by atoms with Gasteiger partial charge in [-0.05, 0) is 62.8 Å². The van der Waals surface area contributed by atoms with E-state index in [1.807, 2.05) is 6.20 Å². The van der Waals surface area contributed by atoms with Gasteiger partial charge in [0, 0.05) is 12.1 Å². The van der Waals surface area contributed by atoms with Crippen molar-refractivity contribution in [2.45, 2.75) is 144 Å². The van der Waals surface area contributed by atoms with Gasteiger partial charge in [-0.1, -0.05) is 91.2 Å². The lowest BCUT2D eigenvalue weighted by atomic mass is 9.73. The highest BCUT2D eigenvalue weighted by molar-refractivity contribution is 5.05. The lowest BCUT2D eigenvalue weighted by Crippen LogP contribution is -2.43. The molecule has 0 saturated heterocycles. The zero-order valence-electron chi connectivity index (χ0n) is 21.7. The SMILES string of the molecule is CCCCCCCC(C)(CCCC)NCCCc1cnnn1CC1(C(C)(C)CC)CC1. The molecule has 4 heteroatoms. The van der Waals surface area contributed by atoms with Crippen LogP contribution in [-0.2, 0) is 13.0 Å². The van der Waals surface area contributed by atoms with Crippen molar-refractivity contribution in [2.24, 2.45) is 10.8 Å². The van der Waals surface area contributed by atoms with Crippen molar-refractivity contribution in [3.8, 4) is 0 Å². The summed E-state index contributed by atoms with van der Waals surface area (Å²) in [4.78, 5) is 0. The van der Waals surface area contributed by atoms with Crippen LogP contribution in [-0.4, -0.2) is 27.1 Å². The third-order valence-electron chi connectivity index (χ3n) is 8.40. The van der Waals surface area contributed by atoms with Gasteiger partial charge in [0.05, 0.1) is 11.9 Å². The number of nitrogens with one attached hydrogen (secondary N) is 1. The van der Waals surface area contributed by atoms with Crippen molar-refractivity contribution >= 4 is 0 Å². The van der Waals surface area contributed by atoms with E-state index in [0.717, 1.165) is 25.9 Å². The Hall–Kier alpha value is -0.900. The fraction of sp³-hybridized carbons (Fsp3) is 0.926. The molecule has 1 unspecified atom stereocenters. The van der Waals surface area contributed by atoms with Gasteiger partial charge in [-0.25, -0.2) is 4.68 Å². The van der Waals surface area contributed by atoms with Gasteiger partial charge in [-0.3, -0.25) is 0 Å².